The molecule has 0 heterocycles. The van der Waals surface area contributed by atoms with Crippen LogP contribution in [0.1, 0.15) is 29.5 Å². The van der Waals surface area contributed by atoms with E-state index in [2.05, 4.69) is 5.32 Å². The zero-order valence-electron chi connectivity index (χ0n) is 17.9. The molecule has 0 radical (unpaired) electrons. The number of carbonyl (C=O) groups is 1. The second-order valence-electron chi connectivity index (χ2n) is 7.34. The van der Waals surface area contributed by atoms with E-state index in [9.17, 15) is 13.2 Å². The Hall–Kier alpha value is -2.25. The Kier molecular flexibility index (Phi) is 8.55. The minimum absolute atomic E-state index is 0.143. The van der Waals surface area contributed by atoms with Crippen LogP contribution in [-0.2, 0) is 14.8 Å². The van der Waals surface area contributed by atoms with Crippen LogP contribution >= 0.6 is 11.6 Å². The van der Waals surface area contributed by atoms with Crippen molar-refractivity contribution in [2.24, 2.45) is 0 Å². The van der Waals surface area contributed by atoms with E-state index in [1.165, 1.54) is 9.87 Å². The Bertz CT molecular complexity index is 993. The lowest BCUT2D eigenvalue weighted by molar-refractivity contribution is -0.121. The summed E-state index contributed by atoms with van der Waals surface area (Å²) in [7, 11) is -3.49. The standard InChI is InChI=1S/C22H29ClN2O4S/c1-16-7-10-21(18(3)14-16)29-13-11-24-22(26)6-5-12-25(30(4,27)28)20-15-19(23)9-8-17(20)2/h7-10,14-15H,5-6,11-13H2,1-4H3,(H,24,26). The average Bonchev–Trinajstić information content (AvgIpc) is 2.65. The fourth-order valence-electron chi connectivity index (χ4n) is 3.10. The first kappa shape index (κ1) is 24.0. The molecule has 0 fully saturated rings. The van der Waals surface area contributed by atoms with Gasteiger partial charge in [-0.2, -0.15) is 0 Å². The molecule has 164 valence electrons. The summed E-state index contributed by atoms with van der Waals surface area (Å²) in [4.78, 5) is 12.1. The van der Waals surface area contributed by atoms with E-state index >= 15 is 0 Å². The lowest BCUT2D eigenvalue weighted by Crippen LogP contribution is -2.33. The van der Waals surface area contributed by atoms with Crippen molar-refractivity contribution in [3.8, 4) is 5.75 Å². The first-order valence-corrected chi connectivity index (χ1v) is 12.0. The van der Waals surface area contributed by atoms with Gasteiger partial charge in [0.25, 0.3) is 0 Å². The number of rotatable bonds is 10. The second kappa shape index (κ2) is 10.7. The van der Waals surface area contributed by atoms with Crippen LogP contribution in [0.3, 0.4) is 0 Å². The van der Waals surface area contributed by atoms with Gasteiger partial charge in [-0.25, -0.2) is 8.42 Å². The van der Waals surface area contributed by atoms with Crippen LogP contribution in [0.2, 0.25) is 5.02 Å². The van der Waals surface area contributed by atoms with Gasteiger partial charge in [0.05, 0.1) is 18.5 Å². The molecule has 0 spiro atoms. The third-order valence-corrected chi connectivity index (χ3v) is 6.03. The Morgan fingerprint density at radius 2 is 1.83 bits per heavy atom. The molecule has 0 aromatic heterocycles. The molecule has 0 unspecified atom stereocenters. The number of nitrogens with zero attached hydrogens (tertiary/aromatic N) is 1. The van der Waals surface area contributed by atoms with E-state index in [-0.39, 0.29) is 18.9 Å². The number of amides is 1. The fraction of sp³-hybridized carbons (Fsp3) is 0.409. The molecule has 30 heavy (non-hydrogen) atoms. The maximum atomic E-state index is 12.2. The SMILES string of the molecule is Cc1ccc(OCCNC(=O)CCCN(c2cc(Cl)ccc2C)S(C)(=O)=O)c(C)c1. The van der Waals surface area contributed by atoms with Crippen molar-refractivity contribution in [2.45, 2.75) is 33.6 Å². The summed E-state index contributed by atoms with van der Waals surface area (Å²) in [5.41, 5.74) is 3.56. The van der Waals surface area contributed by atoms with Gasteiger partial charge in [-0.15, -0.1) is 0 Å². The Balaban J connectivity index is 1.81. The average molecular weight is 453 g/mol. The van der Waals surface area contributed by atoms with E-state index < -0.39 is 10.0 Å². The van der Waals surface area contributed by atoms with Gasteiger partial charge in [-0.1, -0.05) is 35.4 Å². The van der Waals surface area contributed by atoms with Crippen molar-refractivity contribution in [1.29, 1.82) is 0 Å². The minimum atomic E-state index is -3.49. The topological polar surface area (TPSA) is 75.7 Å². The fourth-order valence-corrected chi connectivity index (χ4v) is 4.28. The van der Waals surface area contributed by atoms with Gasteiger partial charge in [-0.05, 0) is 56.5 Å². The third-order valence-electron chi connectivity index (χ3n) is 4.62. The Morgan fingerprint density at radius 3 is 2.50 bits per heavy atom. The van der Waals surface area contributed by atoms with Gasteiger partial charge in [0.2, 0.25) is 15.9 Å². The predicted molar refractivity (Wildman–Crippen MR) is 122 cm³/mol. The summed E-state index contributed by atoms with van der Waals surface area (Å²) in [5, 5.41) is 3.27. The smallest absolute Gasteiger partial charge is 0.232 e. The van der Waals surface area contributed by atoms with Gasteiger partial charge < -0.3 is 10.1 Å². The van der Waals surface area contributed by atoms with E-state index in [1.807, 2.05) is 39.0 Å². The van der Waals surface area contributed by atoms with E-state index in [0.29, 0.717) is 30.3 Å². The van der Waals surface area contributed by atoms with Crippen LogP contribution in [0.4, 0.5) is 5.69 Å². The lowest BCUT2D eigenvalue weighted by Gasteiger charge is -2.24. The first-order valence-electron chi connectivity index (χ1n) is 9.78. The third kappa shape index (κ3) is 7.22. The number of aryl methyl sites for hydroxylation is 3. The molecular formula is C22H29ClN2O4S. The first-order chi connectivity index (χ1) is 14.1. The van der Waals surface area contributed by atoms with Gasteiger partial charge in [-0.3, -0.25) is 9.10 Å². The molecule has 0 saturated heterocycles. The molecule has 6 nitrogen and oxygen atoms in total. The highest BCUT2D eigenvalue weighted by Gasteiger charge is 2.19. The maximum Gasteiger partial charge on any atom is 0.232 e. The number of halogens is 1. The molecular weight excluding hydrogens is 424 g/mol. The summed E-state index contributed by atoms with van der Waals surface area (Å²) in [6.45, 7) is 6.78. The van der Waals surface area contributed by atoms with Gasteiger partial charge in [0, 0.05) is 18.0 Å². The van der Waals surface area contributed by atoms with Gasteiger partial charge in [0.1, 0.15) is 12.4 Å². The summed E-state index contributed by atoms with van der Waals surface area (Å²) in [6, 6.07) is 11.1. The number of carbonyl (C=O) groups excluding carboxylic acids is 1. The van der Waals surface area contributed by atoms with Crippen molar-refractivity contribution < 1.29 is 17.9 Å². The highest BCUT2D eigenvalue weighted by atomic mass is 35.5. The van der Waals surface area contributed by atoms with Crippen LogP contribution in [0, 0.1) is 20.8 Å². The number of benzene rings is 2. The van der Waals surface area contributed by atoms with Crippen molar-refractivity contribution in [1.82, 2.24) is 5.32 Å². The highest BCUT2D eigenvalue weighted by molar-refractivity contribution is 7.92. The lowest BCUT2D eigenvalue weighted by atomic mass is 10.1. The number of anilines is 1. The highest BCUT2D eigenvalue weighted by Crippen LogP contribution is 2.26. The largest absolute Gasteiger partial charge is 0.491 e. The monoisotopic (exact) mass is 452 g/mol. The molecule has 1 amide bonds. The van der Waals surface area contributed by atoms with E-state index in [4.69, 9.17) is 16.3 Å². The Labute approximate surface area is 184 Å². The van der Waals surface area contributed by atoms with Gasteiger partial charge >= 0.3 is 0 Å². The van der Waals surface area contributed by atoms with Crippen LogP contribution in [0.25, 0.3) is 0 Å². The zero-order valence-corrected chi connectivity index (χ0v) is 19.4. The molecule has 0 aliphatic rings. The van der Waals surface area contributed by atoms with E-state index in [0.717, 1.165) is 23.1 Å². The summed E-state index contributed by atoms with van der Waals surface area (Å²) in [6.07, 6.45) is 1.76. The molecule has 1 N–H and O–H groups in total. The molecule has 0 aliphatic carbocycles. The van der Waals surface area contributed by atoms with Crippen molar-refractivity contribution >= 4 is 33.2 Å². The molecule has 0 aliphatic heterocycles. The number of nitrogens with one attached hydrogen (secondary N) is 1. The quantitative estimate of drug-likeness (QED) is 0.552. The normalized spacial score (nSPS) is 11.2. The molecule has 2 aromatic rings. The second-order valence-corrected chi connectivity index (χ2v) is 9.68. The van der Waals surface area contributed by atoms with Crippen molar-refractivity contribution in [3.05, 3.63) is 58.1 Å². The molecule has 0 atom stereocenters. The molecule has 0 bridgehead atoms. The number of sulfonamides is 1. The Morgan fingerprint density at radius 1 is 1.10 bits per heavy atom. The molecule has 8 heteroatoms. The minimum Gasteiger partial charge on any atom is -0.491 e. The van der Waals surface area contributed by atoms with Crippen LogP contribution in [0.5, 0.6) is 5.75 Å². The summed E-state index contributed by atoms with van der Waals surface area (Å²) >= 11 is 6.03. The van der Waals surface area contributed by atoms with Crippen LogP contribution in [0.15, 0.2) is 36.4 Å². The zero-order chi connectivity index (χ0) is 22.3. The summed E-state index contributed by atoms with van der Waals surface area (Å²) < 4.78 is 31.5. The van der Waals surface area contributed by atoms with Crippen molar-refractivity contribution in [2.75, 3.05) is 30.3 Å². The predicted octanol–water partition coefficient (Wildman–Crippen LogP) is 4.01. The van der Waals surface area contributed by atoms with Gasteiger partial charge in [0.15, 0.2) is 0 Å². The van der Waals surface area contributed by atoms with Crippen molar-refractivity contribution in [3.63, 3.8) is 0 Å². The number of hydrogen-bond donors (Lipinski definition) is 1. The van der Waals surface area contributed by atoms with E-state index in [1.54, 1.807) is 18.2 Å². The molecule has 2 aromatic carbocycles. The molecule has 2 rings (SSSR count). The summed E-state index contributed by atoms with van der Waals surface area (Å²) in [5.74, 6) is 0.658. The maximum absolute atomic E-state index is 12.2. The number of hydrogen-bond acceptors (Lipinski definition) is 4. The molecule has 0 saturated carbocycles. The van der Waals surface area contributed by atoms with Crippen LogP contribution < -0.4 is 14.4 Å². The number of ether oxygens (including phenoxy) is 1. The van der Waals surface area contributed by atoms with Crippen LogP contribution in [-0.4, -0.2) is 40.3 Å².